The van der Waals surface area contributed by atoms with Crippen LogP contribution in [0.15, 0.2) is 52.4 Å². The van der Waals surface area contributed by atoms with Crippen LogP contribution in [0, 0.1) is 11.2 Å². The molecule has 0 fully saturated rings. The number of rotatable bonds is 14. The molecule has 44 heavy (non-hydrogen) atoms. The zero-order chi connectivity index (χ0) is 32.4. The molecule has 2 amide bonds. The van der Waals surface area contributed by atoms with Gasteiger partial charge in [0.25, 0.3) is 5.56 Å². The molecule has 1 N–H and O–H groups in total. The van der Waals surface area contributed by atoms with Gasteiger partial charge in [0.1, 0.15) is 12.4 Å². The zero-order valence-corrected chi connectivity index (χ0v) is 26.4. The van der Waals surface area contributed by atoms with Gasteiger partial charge in [0, 0.05) is 51.5 Å². The Bertz CT molecular complexity index is 1470. The van der Waals surface area contributed by atoms with Crippen LogP contribution in [-0.2, 0) is 44.9 Å². The first-order chi connectivity index (χ1) is 20.8. The number of amides is 2. The molecule has 0 radical (unpaired) electrons. The maximum Gasteiger partial charge on any atom is 0.407 e. The number of ether oxygens (including phenoxy) is 2. The number of Topliss-reactive ketones (excluding diaryl/α,β-unsaturated/α-hetero) is 1. The van der Waals surface area contributed by atoms with E-state index in [2.05, 4.69) is 26.1 Å². The van der Waals surface area contributed by atoms with E-state index in [0.717, 1.165) is 22.5 Å². The molecule has 0 saturated carbocycles. The number of likely N-dealkylation sites (N-methyl/N-ethyl adjacent to an activating group) is 1. The van der Waals surface area contributed by atoms with E-state index < -0.39 is 12.1 Å². The van der Waals surface area contributed by atoms with E-state index >= 15 is 0 Å². The summed E-state index contributed by atoms with van der Waals surface area (Å²) in [6, 6.07) is 5.36. The van der Waals surface area contributed by atoms with Gasteiger partial charge >= 0.3 is 6.09 Å². The van der Waals surface area contributed by atoms with Crippen LogP contribution >= 0.6 is 0 Å². The minimum Gasteiger partial charge on any atom is -0.447 e. The van der Waals surface area contributed by atoms with Gasteiger partial charge in [-0.2, -0.15) is 0 Å². The van der Waals surface area contributed by atoms with Crippen LogP contribution in [0.4, 0.5) is 14.9 Å². The molecule has 1 atom stereocenters. The number of nitrogens with zero attached hydrogens (tertiary/aromatic N) is 3. The van der Waals surface area contributed by atoms with Gasteiger partial charge in [0.15, 0.2) is 5.78 Å². The summed E-state index contributed by atoms with van der Waals surface area (Å²) in [6.45, 7) is 6.68. The molecule has 11 heteroatoms. The van der Waals surface area contributed by atoms with Crippen molar-refractivity contribution in [2.45, 2.75) is 65.5 Å². The van der Waals surface area contributed by atoms with Crippen LogP contribution in [0.5, 0.6) is 0 Å². The largest absolute Gasteiger partial charge is 0.447 e. The van der Waals surface area contributed by atoms with Crippen LogP contribution in [0.2, 0.25) is 0 Å². The molecule has 2 aromatic rings. The van der Waals surface area contributed by atoms with Crippen molar-refractivity contribution in [2.75, 3.05) is 34.4 Å². The molecule has 1 aromatic carbocycles. The second-order valence-electron chi connectivity index (χ2n) is 12.3. The van der Waals surface area contributed by atoms with E-state index in [1.807, 2.05) is 0 Å². The van der Waals surface area contributed by atoms with Crippen LogP contribution in [-0.4, -0.2) is 73.4 Å². The van der Waals surface area contributed by atoms with Gasteiger partial charge < -0.3 is 24.3 Å². The third-order valence-electron chi connectivity index (χ3n) is 6.96. The molecule has 0 spiro atoms. The number of hydrogen-bond donors (Lipinski definition) is 1. The van der Waals surface area contributed by atoms with Crippen molar-refractivity contribution in [3.63, 3.8) is 0 Å². The minimum atomic E-state index is -0.943. The van der Waals surface area contributed by atoms with Crippen LogP contribution in [0.1, 0.15) is 50.3 Å². The predicted octanol–water partition coefficient (Wildman–Crippen LogP) is 4.18. The first-order valence-corrected chi connectivity index (χ1v) is 14.7. The fourth-order valence-electron chi connectivity index (χ4n) is 4.88. The van der Waals surface area contributed by atoms with Gasteiger partial charge in [-0.25, -0.2) is 9.18 Å². The van der Waals surface area contributed by atoms with Crippen LogP contribution < -0.4 is 10.9 Å². The Morgan fingerprint density at radius 1 is 1.18 bits per heavy atom. The summed E-state index contributed by atoms with van der Waals surface area (Å²) in [5.41, 5.74) is 3.00. The van der Waals surface area contributed by atoms with Crippen molar-refractivity contribution in [2.24, 2.45) is 10.4 Å². The molecule has 1 aromatic heterocycles. The number of nitrogens with one attached hydrogen (secondary N) is 1. The molecule has 1 aliphatic heterocycles. The molecule has 0 saturated heterocycles. The number of halogens is 1. The summed E-state index contributed by atoms with van der Waals surface area (Å²) in [6.07, 6.45) is 5.32. The van der Waals surface area contributed by atoms with E-state index in [1.54, 1.807) is 38.5 Å². The molecule has 3 rings (SSSR count). The van der Waals surface area contributed by atoms with Gasteiger partial charge in [-0.15, -0.1) is 0 Å². The number of ketones is 1. The molecule has 2 heterocycles. The van der Waals surface area contributed by atoms with Crippen molar-refractivity contribution < 1.29 is 28.2 Å². The summed E-state index contributed by atoms with van der Waals surface area (Å²) in [5, 5.41) is 2.58. The van der Waals surface area contributed by atoms with E-state index in [1.165, 1.54) is 34.8 Å². The highest BCUT2D eigenvalue weighted by molar-refractivity contribution is 5.94. The number of aromatic nitrogens is 1. The minimum absolute atomic E-state index is 0.0158. The van der Waals surface area contributed by atoms with Gasteiger partial charge in [0.05, 0.1) is 24.9 Å². The molecule has 1 aliphatic rings. The Balaban J connectivity index is 1.75. The first-order valence-electron chi connectivity index (χ1n) is 14.7. The number of fused-ring (bicyclic) bond motifs is 1. The molecule has 10 nitrogen and oxygen atoms in total. The molecule has 0 aliphatic carbocycles. The third kappa shape index (κ3) is 10.3. The smallest absolute Gasteiger partial charge is 0.407 e. The van der Waals surface area contributed by atoms with Crippen molar-refractivity contribution in [1.29, 1.82) is 0 Å². The number of allylic oxidation sites excluding steroid dienone is 1. The Kier molecular flexibility index (Phi) is 12.2. The number of carbonyl (C=O) groups is 3. The number of aliphatic imine (C=N–C) groups is 1. The monoisotopic (exact) mass is 610 g/mol. The number of methoxy groups -OCH3 is 1. The Morgan fingerprint density at radius 2 is 1.93 bits per heavy atom. The molecule has 0 bridgehead atoms. The number of benzene rings is 1. The Morgan fingerprint density at radius 3 is 2.61 bits per heavy atom. The lowest BCUT2D eigenvalue weighted by molar-refractivity contribution is -0.123. The molecule has 238 valence electrons. The van der Waals surface area contributed by atoms with E-state index in [-0.39, 0.29) is 66.6 Å². The zero-order valence-electron chi connectivity index (χ0n) is 26.4. The van der Waals surface area contributed by atoms with Crippen molar-refractivity contribution in [3.05, 3.63) is 75.5 Å². The van der Waals surface area contributed by atoms with Gasteiger partial charge in [0.2, 0.25) is 5.91 Å². The summed E-state index contributed by atoms with van der Waals surface area (Å²) < 4.78 is 25.8. The van der Waals surface area contributed by atoms with E-state index in [4.69, 9.17) is 14.5 Å². The normalized spacial score (nSPS) is 13.4. The van der Waals surface area contributed by atoms with Crippen molar-refractivity contribution >= 4 is 29.2 Å². The summed E-state index contributed by atoms with van der Waals surface area (Å²) in [5.74, 6) is -0.874. The SMILES string of the molecule is COCCOC(=O)N[C@@H](CC/C=C/C(=O)N(C)C)C(=O)Cc1cccn(CC2=Nc3c(cc(F)cc3CC(C)(C)C)C2)c1=O. The Hall–Kier alpha value is -4.12. The lowest BCUT2D eigenvalue weighted by atomic mass is 9.86. The Labute approximate surface area is 257 Å². The van der Waals surface area contributed by atoms with Crippen LogP contribution in [0.3, 0.4) is 0 Å². The predicted molar refractivity (Wildman–Crippen MR) is 167 cm³/mol. The van der Waals surface area contributed by atoms with Gasteiger partial charge in [-0.3, -0.25) is 19.4 Å². The highest BCUT2D eigenvalue weighted by Crippen LogP contribution is 2.35. The summed E-state index contributed by atoms with van der Waals surface area (Å²) in [4.78, 5) is 57.1. The lowest BCUT2D eigenvalue weighted by Gasteiger charge is -2.19. The highest BCUT2D eigenvalue weighted by atomic mass is 19.1. The topological polar surface area (TPSA) is 119 Å². The molecular weight excluding hydrogens is 567 g/mol. The highest BCUT2D eigenvalue weighted by Gasteiger charge is 2.25. The first kappa shape index (κ1) is 34.4. The van der Waals surface area contributed by atoms with E-state index in [9.17, 15) is 23.6 Å². The second-order valence-corrected chi connectivity index (χ2v) is 12.3. The summed E-state index contributed by atoms with van der Waals surface area (Å²) in [7, 11) is 4.74. The van der Waals surface area contributed by atoms with Crippen LogP contribution in [0.25, 0.3) is 0 Å². The quantitative estimate of drug-likeness (QED) is 0.253. The van der Waals surface area contributed by atoms with Crippen molar-refractivity contribution in [3.8, 4) is 0 Å². The van der Waals surface area contributed by atoms with Crippen molar-refractivity contribution in [1.82, 2.24) is 14.8 Å². The fraction of sp³-hybridized carbons (Fsp3) is 0.485. The molecule has 0 unspecified atom stereocenters. The summed E-state index contributed by atoms with van der Waals surface area (Å²) >= 11 is 0. The lowest BCUT2D eigenvalue weighted by Crippen LogP contribution is -2.42. The molecular formula is C33H43FN4O6. The average molecular weight is 611 g/mol. The number of pyridine rings is 1. The maximum absolute atomic E-state index is 14.4. The standard InChI is InChI=1S/C33H43FN4O6/c1-33(2,3)20-24-17-25(34)16-23-18-26(35-30(23)24)21-38-13-9-10-22(31(38)41)19-28(39)27(36-32(42)44-15-14-43-6)11-7-8-12-29(40)37(4)5/h8-10,12-13,16-17,27H,7,11,14-15,18-21H2,1-6H3,(H,36,42)/b12-8+/t27-/m0/s1. The third-order valence-corrected chi connectivity index (χ3v) is 6.96. The number of carbonyl (C=O) groups excluding carboxylic acids is 3. The average Bonchev–Trinajstić information content (AvgIpc) is 3.34. The van der Waals surface area contributed by atoms with Gasteiger partial charge in [-0.05, 0) is 60.1 Å². The fourth-order valence-corrected chi connectivity index (χ4v) is 4.88. The number of alkyl carbamates (subject to hydrolysis) is 1. The van der Waals surface area contributed by atoms with Gasteiger partial charge in [-0.1, -0.05) is 32.9 Å². The maximum atomic E-state index is 14.4. The number of hydrogen-bond acceptors (Lipinski definition) is 7. The van der Waals surface area contributed by atoms with E-state index in [0.29, 0.717) is 19.3 Å². The second kappa shape index (κ2) is 15.6.